The van der Waals surface area contributed by atoms with Crippen LogP contribution in [0.25, 0.3) is 5.69 Å². The minimum atomic E-state index is -0.473. The summed E-state index contributed by atoms with van der Waals surface area (Å²) in [5, 5.41) is 11.1. The van der Waals surface area contributed by atoms with Gasteiger partial charge in [-0.2, -0.15) is 10.2 Å². The lowest BCUT2D eigenvalue weighted by molar-refractivity contribution is -0.136. The highest BCUT2D eigenvalue weighted by atomic mass is 16.2. The fraction of sp³-hybridized carbons (Fsp3) is 0.222. The van der Waals surface area contributed by atoms with Gasteiger partial charge in [0.25, 0.3) is 0 Å². The van der Waals surface area contributed by atoms with Crippen LogP contribution in [-0.4, -0.2) is 49.9 Å². The Bertz CT molecular complexity index is 873. The zero-order valence-electron chi connectivity index (χ0n) is 14.6. The highest BCUT2D eigenvalue weighted by Crippen LogP contribution is 2.19. The second kappa shape index (κ2) is 7.64. The van der Waals surface area contributed by atoms with Crippen LogP contribution in [0.3, 0.4) is 0 Å². The first-order valence-corrected chi connectivity index (χ1v) is 8.19. The Morgan fingerprint density at radius 3 is 2.54 bits per heavy atom. The van der Waals surface area contributed by atoms with Crippen LogP contribution in [0.15, 0.2) is 61.2 Å². The van der Waals surface area contributed by atoms with Crippen LogP contribution in [0.5, 0.6) is 0 Å². The second-order valence-electron chi connectivity index (χ2n) is 5.87. The predicted octanol–water partition coefficient (Wildman–Crippen LogP) is 1.73. The van der Waals surface area contributed by atoms with E-state index in [2.05, 4.69) is 15.5 Å². The van der Waals surface area contributed by atoms with Gasteiger partial charge in [0.05, 0.1) is 17.9 Å². The predicted molar refractivity (Wildman–Crippen MR) is 96.8 cm³/mol. The normalized spacial score (nSPS) is 11.8. The molecule has 0 aliphatic carbocycles. The quantitative estimate of drug-likeness (QED) is 0.732. The van der Waals surface area contributed by atoms with E-state index in [4.69, 9.17) is 0 Å². The first-order valence-electron chi connectivity index (χ1n) is 8.19. The van der Waals surface area contributed by atoms with E-state index < -0.39 is 6.04 Å². The van der Waals surface area contributed by atoms with Gasteiger partial charge in [-0.3, -0.25) is 14.3 Å². The summed E-state index contributed by atoms with van der Waals surface area (Å²) in [6.07, 6.45) is 6.80. The van der Waals surface area contributed by atoms with Crippen LogP contribution in [0.1, 0.15) is 13.0 Å². The molecule has 3 rings (SSSR count). The summed E-state index contributed by atoms with van der Waals surface area (Å²) in [4.78, 5) is 26.2. The van der Waals surface area contributed by atoms with Crippen LogP contribution in [0, 0.1) is 0 Å². The molecule has 0 aliphatic rings. The van der Waals surface area contributed by atoms with Gasteiger partial charge in [0.15, 0.2) is 0 Å². The van der Waals surface area contributed by atoms with Crippen molar-refractivity contribution in [3.63, 3.8) is 0 Å². The summed E-state index contributed by atoms with van der Waals surface area (Å²) in [6.45, 7) is 1.69. The Balaban J connectivity index is 1.65. The second-order valence-corrected chi connectivity index (χ2v) is 5.87. The largest absolute Gasteiger partial charge is 0.335 e. The van der Waals surface area contributed by atoms with E-state index in [0.29, 0.717) is 5.69 Å². The first kappa shape index (κ1) is 17.4. The third-order valence-electron chi connectivity index (χ3n) is 3.97. The van der Waals surface area contributed by atoms with E-state index in [1.807, 2.05) is 24.3 Å². The molecule has 0 fully saturated rings. The molecular weight excluding hydrogens is 332 g/mol. The number of nitrogens with one attached hydrogen (secondary N) is 1. The van der Waals surface area contributed by atoms with Crippen LogP contribution in [-0.2, 0) is 9.59 Å². The van der Waals surface area contributed by atoms with Gasteiger partial charge in [-0.05, 0) is 31.2 Å². The van der Waals surface area contributed by atoms with Crippen molar-refractivity contribution in [2.75, 3.05) is 18.9 Å². The lowest BCUT2D eigenvalue weighted by atomic mass is 10.2. The zero-order chi connectivity index (χ0) is 18.5. The Morgan fingerprint density at radius 1 is 1.12 bits per heavy atom. The third kappa shape index (κ3) is 3.80. The summed E-state index contributed by atoms with van der Waals surface area (Å²) >= 11 is 0. The van der Waals surface area contributed by atoms with Crippen LogP contribution >= 0.6 is 0 Å². The molecule has 1 aromatic carbocycles. The van der Waals surface area contributed by atoms with Gasteiger partial charge in [-0.25, -0.2) is 4.68 Å². The van der Waals surface area contributed by atoms with E-state index in [1.54, 1.807) is 60.3 Å². The van der Waals surface area contributed by atoms with Gasteiger partial charge in [-0.1, -0.05) is 12.1 Å². The number of benzene rings is 1. The van der Waals surface area contributed by atoms with Crippen LogP contribution in [0.2, 0.25) is 0 Å². The fourth-order valence-corrected chi connectivity index (χ4v) is 2.62. The molecule has 1 atom stereocenters. The molecule has 8 heteroatoms. The average Bonchev–Trinajstić information content (AvgIpc) is 3.34. The lowest BCUT2D eigenvalue weighted by Gasteiger charge is -2.21. The van der Waals surface area contributed by atoms with Gasteiger partial charge < -0.3 is 10.2 Å². The summed E-state index contributed by atoms with van der Waals surface area (Å²) < 4.78 is 3.23. The van der Waals surface area contributed by atoms with Crippen molar-refractivity contribution < 1.29 is 9.59 Å². The van der Waals surface area contributed by atoms with E-state index in [1.165, 1.54) is 4.90 Å². The number of aromatic nitrogens is 4. The number of carbonyl (C=O) groups is 2. The van der Waals surface area contributed by atoms with Gasteiger partial charge in [0, 0.05) is 31.8 Å². The third-order valence-corrected chi connectivity index (χ3v) is 3.97. The van der Waals surface area contributed by atoms with E-state index >= 15 is 0 Å². The van der Waals surface area contributed by atoms with Crippen molar-refractivity contribution in [3.05, 3.63) is 61.2 Å². The average molecular weight is 352 g/mol. The molecule has 8 nitrogen and oxygen atoms in total. The van der Waals surface area contributed by atoms with Crippen molar-refractivity contribution in [3.8, 4) is 5.69 Å². The Labute approximate surface area is 151 Å². The smallest absolute Gasteiger partial charge is 0.247 e. The number of amides is 2. The lowest BCUT2D eigenvalue weighted by Crippen LogP contribution is -2.38. The van der Waals surface area contributed by atoms with Gasteiger partial charge >= 0.3 is 0 Å². The standard InChI is InChI=1S/C18H20N6O2/c1-14(23-11-5-9-19-23)18(26)22(2)13-17(25)21-15-7-3-4-8-16(15)24-12-6-10-20-24/h3-12,14H,13H2,1-2H3,(H,21,25). The molecule has 0 spiro atoms. The number of hydrogen-bond donors (Lipinski definition) is 1. The number of hydrogen-bond acceptors (Lipinski definition) is 4. The van der Waals surface area contributed by atoms with Crippen LogP contribution in [0.4, 0.5) is 5.69 Å². The Hall–Kier alpha value is -3.42. The summed E-state index contributed by atoms with van der Waals surface area (Å²) in [7, 11) is 1.60. The molecular formula is C18H20N6O2. The molecule has 26 heavy (non-hydrogen) atoms. The minimum Gasteiger partial charge on any atom is -0.335 e. The molecule has 0 saturated heterocycles. The highest BCUT2D eigenvalue weighted by molar-refractivity contribution is 5.96. The molecule has 0 aliphatic heterocycles. The summed E-state index contributed by atoms with van der Waals surface area (Å²) in [6, 6.07) is 10.4. The van der Waals surface area contributed by atoms with Gasteiger partial charge in [0.2, 0.25) is 11.8 Å². The van der Waals surface area contributed by atoms with Crippen molar-refractivity contribution in [1.29, 1.82) is 0 Å². The molecule has 2 aromatic heterocycles. The topological polar surface area (TPSA) is 85.0 Å². The molecule has 1 unspecified atom stereocenters. The maximum absolute atomic E-state index is 12.5. The maximum Gasteiger partial charge on any atom is 0.247 e. The van der Waals surface area contributed by atoms with Crippen LogP contribution < -0.4 is 5.32 Å². The fourth-order valence-electron chi connectivity index (χ4n) is 2.62. The van der Waals surface area contributed by atoms with E-state index in [-0.39, 0.29) is 18.4 Å². The molecule has 3 aromatic rings. The van der Waals surface area contributed by atoms with Crippen molar-refractivity contribution >= 4 is 17.5 Å². The molecule has 2 amide bonds. The van der Waals surface area contributed by atoms with Crippen molar-refractivity contribution in [1.82, 2.24) is 24.5 Å². The number of likely N-dealkylation sites (N-methyl/N-ethyl adjacent to an activating group) is 1. The molecule has 2 heterocycles. The highest BCUT2D eigenvalue weighted by Gasteiger charge is 2.21. The minimum absolute atomic E-state index is 0.0577. The van der Waals surface area contributed by atoms with E-state index in [9.17, 15) is 9.59 Å². The SMILES string of the molecule is CC(C(=O)N(C)CC(=O)Nc1ccccc1-n1cccn1)n1cccn1. The van der Waals surface area contributed by atoms with Gasteiger partial charge in [-0.15, -0.1) is 0 Å². The Morgan fingerprint density at radius 2 is 1.85 bits per heavy atom. The number of rotatable bonds is 6. The van der Waals surface area contributed by atoms with Crippen molar-refractivity contribution in [2.45, 2.75) is 13.0 Å². The number of carbonyl (C=O) groups excluding carboxylic acids is 2. The van der Waals surface area contributed by atoms with E-state index in [0.717, 1.165) is 5.69 Å². The monoisotopic (exact) mass is 352 g/mol. The summed E-state index contributed by atoms with van der Waals surface area (Å²) in [5.74, 6) is -0.475. The van der Waals surface area contributed by atoms with Gasteiger partial charge in [0.1, 0.15) is 6.04 Å². The molecule has 1 N–H and O–H groups in total. The molecule has 0 radical (unpaired) electrons. The first-order chi connectivity index (χ1) is 12.6. The molecule has 134 valence electrons. The molecule has 0 bridgehead atoms. The number of anilines is 1. The summed E-state index contributed by atoms with van der Waals surface area (Å²) in [5.41, 5.74) is 1.38. The maximum atomic E-state index is 12.5. The zero-order valence-corrected chi connectivity index (χ0v) is 14.6. The molecule has 0 saturated carbocycles. The van der Waals surface area contributed by atoms with Crippen molar-refractivity contribution in [2.24, 2.45) is 0 Å². The number of nitrogens with zero attached hydrogens (tertiary/aromatic N) is 5. The Kier molecular flexibility index (Phi) is 5.12. The number of para-hydroxylation sites is 2.